The molecule has 0 amide bonds. The van der Waals surface area contributed by atoms with Crippen LogP contribution in [-0.2, 0) is 37.6 Å². The van der Waals surface area contributed by atoms with Crippen LogP contribution >= 0.6 is 0 Å². The van der Waals surface area contributed by atoms with Gasteiger partial charge >= 0.3 is 54.9 Å². The van der Waals surface area contributed by atoms with Gasteiger partial charge in [-0.3, -0.25) is 0 Å². The van der Waals surface area contributed by atoms with Gasteiger partial charge in [0.2, 0.25) is 0 Å². The van der Waals surface area contributed by atoms with Gasteiger partial charge in [-0.05, 0) is 0 Å². The zero-order valence-electron chi connectivity index (χ0n) is 4.70. The monoisotopic (exact) mass is 584 g/mol. The van der Waals surface area contributed by atoms with Crippen molar-refractivity contribution >= 4 is 17.4 Å². The van der Waals surface area contributed by atoms with Crippen LogP contribution in [0.1, 0.15) is 0 Å². The fraction of sp³-hybridized carbons (Fsp3) is 0. The number of hydrogen-bond acceptors (Lipinski definition) is 0. The smallest absolute Gasteiger partial charge is 1.00 e. The van der Waals surface area contributed by atoms with E-state index in [2.05, 4.69) is 0 Å². The second kappa shape index (κ2) is 168. The van der Waals surface area contributed by atoms with Crippen LogP contribution in [0.25, 0.3) is 0 Å². The summed E-state index contributed by atoms with van der Waals surface area (Å²) < 4.78 is 0. The van der Waals surface area contributed by atoms with E-state index in [9.17, 15) is 0 Å². The van der Waals surface area contributed by atoms with Gasteiger partial charge in [-0.25, -0.2) is 0 Å². The Morgan fingerprint density at radius 2 is 0.333 bits per heavy atom. The Labute approximate surface area is 164 Å². The Bertz CT molecular complexity index is 14.5. The summed E-state index contributed by atoms with van der Waals surface area (Å²) in [4.78, 5) is 0. The van der Waals surface area contributed by atoms with E-state index in [0.717, 1.165) is 0 Å². The second-order valence-corrected chi connectivity index (χ2v) is 0. The summed E-state index contributed by atoms with van der Waals surface area (Å²) in [6.07, 6.45) is 0. The molecule has 0 N–H and O–H groups in total. The molecule has 0 rings (SSSR count). The predicted octanol–water partition coefficient (Wildman–Crippen LogP) is -27.3. The van der Waals surface area contributed by atoms with Gasteiger partial charge in [0.1, 0.15) is 0 Å². The first kappa shape index (κ1) is 205. The van der Waals surface area contributed by atoms with Crippen molar-refractivity contribution in [2.75, 3.05) is 0 Å². The summed E-state index contributed by atoms with van der Waals surface area (Å²) in [6.45, 7) is 0. The first-order valence-corrected chi connectivity index (χ1v) is 0. The normalized spacial score (nSPS) is 0. The molecule has 0 fully saturated rings. The largest absolute Gasteiger partial charge is 4.00 e. The molecule has 0 aliphatic rings. The van der Waals surface area contributed by atoms with Crippen molar-refractivity contribution < 1.29 is 149 Å². The molecule has 82 valence electrons. The molecule has 0 aromatic heterocycles. The van der Waals surface area contributed by atoms with Crippen molar-refractivity contribution in [1.29, 1.82) is 0 Å². The van der Waals surface area contributed by atoms with Crippen LogP contribution in [0.15, 0.2) is 0 Å². The van der Waals surface area contributed by atoms with Gasteiger partial charge < -0.3 is 112 Å². The third-order valence-electron chi connectivity index (χ3n) is 0. The van der Waals surface area contributed by atoms with Crippen LogP contribution in [-0.4, -0.2) is 17.4 Å². The number of rotatable bonds is 0. The average molecular weight is 589 g/mol. The van der Waals surface area contributed by atoms with Gasteiger partial charge in [0, 0.05) is 0 Å². The molecule has 0 aromatic carbocycles. The van der Waals surface area contributed by atoms with Crippen LogP contribution < -0.4 is 112 Å². The SMILES string of the molecule is [Al+3].[Cl-].[Cl-].[Cl-].[Cl-].[Cl-].[Cl-].[Cl-].[Cl-].[Cl-].[Ni+2].[W+4]. The topological polar surface area (TPSA) is 0 Å². The van der Waals surface area contributed by atoms with Crippen molar-refractivity contribution in [2.24, 2.45) is 0 Å². The van der Waals surface area contributed by atoms with E-state index in [0.29, 0.717) is 0 Å². The van der Waals surface area contributed by atoms with Crippen molar-refractivity contribution in [2.45, 2.75) is 0 Å². The summed E-state index contributed by atoms with van der Waals surface area (Å²) in [6, 6.07) is 0. The Morgan fingerprint density at radius 1 is 0.333 bits per heavy atom. The maximum atomic E-state index is 0. The molecule has 0 unspecified atom stereocenters. The van der Waals surface area contributed by atoms with E-state index in [1.807, 2.05) is 0 Å². The molecule has 0 bridgehead atoms. The van der Waals surface area contributed by atoms with E-state index in [1.54, 1.807) is 0 Å². The molecule has 0 aliphatic heterocycles. The van der Waals surface area contributed by atoms with E-state index in [-0.39, 0.29) is 167 Å². The van der Waals surface area contributed by atoms with Crippen molar-refractivity contribution in [1.82, 2.24) is 0 Å². The van der Waals surface area contributed by atoms with Crippen LogP contribution in [0, 0.1) is 0 Å². The standard InChI is InChI=1S/Al.9ClH.Ni.W/h;9*1H;;/q+3;;;;;;;;;;+2;+4/p-9. The maximum Gasteiger partial charge on any atom is 4.00 e. The third-order valence-corrected chi connectivity index (χ3v) is 0. The van der Waals surface area contributed by atoms with Gasteiger partial charge in [-0.15, -0.1) is 0 Å². The Balaban J connectivity index is 0. The molecule has 0 aliphatic carbocycles. The first-order valence-electron chi connectivity index (χ1n) is 0. The summed E-state index contributed by atoms with van der Waals surface area (Å²) in [7, 11) is 0. The summed E-state index contributed by atoms with van der Waals surface area (Å²) >= 11 is 0. The van der Waals surface area contributed by atoms with Gasteiger partial charge in [-0.1, -0.05) is 0 Å². The minimum atomic E-state index is 0. The molecule has 0 nitrogen and oxygen atoms in total. The van der Waals surface area contributed by atoms with Gasteiger partial charge in [0.25, 0.3) is 0 Å². The quantitative estimate of drug-likeness (QED) is 0.247. The average Bonchev–Trinajstić information content (AvgIpc) is 0. The molecule has 0 aromatic rings. The maximum absolute atomic E-state index is 0. The zero-order valence-corrected chi connectivity index (χ0v) is 16.6. The zero-order chi connectivity index (χ0) is 0. The fourth-order valence-electron chi connectivity index (χ4n) is 0. The summed E-state index contributed by atoms with van der Waals surface area (Å²) in [5.74, 6) is 0. The third kappa shape index (κ3) is 136. The minimum Gasteiger partial charge on any atom is -1.00 e. The molecule has 0 saturated carbocycles. The Hall–Kier alpha value is 4.32. The van der Waals surface area contributed by atoms with E-state index in [4.69, 9.17) is 0 Å². The molecule has 0 heterocycles. The molecule has 0 radical (unpaired) electrons. The van der Waals surface area contributed by atoms with Crippen molar-refractivity contribution in [3.05, 3.63) is 0 Å². The summed E-state index contributed by atoms with van der Waals surface area (Å²) in [5.41, 5.74) is 0. The van der Waals surface area contributed by atoms with Crippen LogP contribution in [0.4, 0.5) is 0 Å². The van der Waals surface area contributed by atoms with Crippen LogP contribution in [0.5, 0.6) is 0 Å². The number of halogens is 9. The molecule has 12 heteroatoms. The van der Waals surface area contributed by atoms with Gasteiger partial charge in [0.05, 0.1) is 0 Å². The molecule has 0 spiro atoms. The number of hydrogen-bond donors (Lipinski definition) is 0. The van der Waals surface area contributed by atoms with Crippen LogP contribution in [0.2, 0.25) is 0 Å². The molecular weight excluding hydrogens is 589 g/mol. The van der Waals surface area contributed by atoms with Gasteiger partial charge in [-0.2, -0.15) is 0 Å². The summed E-state index contributed by atoms with van der Waals surface area (Å²) in [5, 5.41) is 0. The van der Waals surface area contributed by atoms with Crippen molar-refractivity contribution in [3.8, 4) is 0 Å². The van der Waals surface area contributed by atoms with Crippen LogP contribution in [0.3, 0.4) is 0 Å². The predicted molar refractivity (Wildman–Crippen MR) is 5.75 cm³/mol. The fourth-order valence-corrected chi connectivity index (χ4v) is 0. The second-order valence-electron chi connectivity index (χ2n) is 0. The van der Waals surface area contributed by atoms with Gasteiger partial charge in [0.15, 0.2) is 0 Å². The molecule has 0 saturated heterocycles. The molecule has 12 heavy (non-hydrogen) atoms. The van der Waals surface area contributed by atoms with E-state index >= 15 is 0 Å². The molecular formula is AlCl9NiW. The first-order chi connectivity index (χ1) is 0. The van der Waals surface area contributed by atoms with E-state index < -0.39 is 0 Å². The van der Waals surface area contributed by atoms with Crippen molar-refractivity contribution in [3.63, 3.8) is 0 Å². The Morgan fingerprint density at radius 3 is 0.333 bits per heavy atom. The Kier molecular flexibility index (Phi) is 2870. The van der Waals surface area contributed by atoms with E-state index in [1.165, 1.54) is 0 Å². The molecule has 0 atom stereocenters. The minimum absolute atomic E-state index is 0.